The highest BCUT2D eigenvalue weighted by molar-refractivity contribution is 6.54. The Morgan fingerprint density at radius 2 is 2.00 bits per heavy atom. The third kappa shape index (κ3) is 3.83. The van der Waals surface area contributed by atoms with Gasteiger partial charge in [-0.1, -0.05) is 33.3 Å². The van der Waals surface area contributed by atoms with Crippen molar-refractivity contribution in [1.29, 1.82) is 5.41 Å². The van der Waals surface area contributed by atoms with Crippen molar-refractivity contribution in [3.05, 3.63) is 11.6 Å². The summed E-state index contributed by atoms with van der Waals surface area (Å²) in [5.41, 5.74) is -0.586. The second-order valence-corrected chi connectivity index (χ2v) is 8.07. The van der Waals surface area contributed by atoms with E-state index in [4.69, 9.17) is 10.1 Å². The molecule has 0 aromatic heterocycles. The van der Waals surface area contributed by atoms with Gasteiger partial charge in [-0.25, -0.2) is 9.80 Å². The number of carbonyl (C=O) groups is 2. The van der Waals surface area contributed by atoms with Crippen molar-refractivity contribution < 1.29 is 14.3 Å². The summed E-state index contributed by atoms with van der Waals surface area (Å²) >= 11 is 0. The second-order valence-electron chi connectivity index (χ2n) is 8.07. The van der Waals surface area contributed by atoms with Crippen molar-refractivity contribution in [2.24, 2.45) is 11.0 Å². The molecule has 0 spiro atoms. The van der Waals surface area contributed by atoms with Gasteiger partial charge in [0.15, 0.2) is 5.54 Å². The van der Waals surface area contributed by atoms with E-state index in [-0.39, 0.29) is 17.5 Å². The van der Waals surface area contributed by atoms with Crippen LogP contribution in [0.3, 0.4) is 0 Å². The fourth-order valence-electron chi connectivity index (χ4n) is 2.73. The van der Waals surface area contributed by atoms with Crippen molar-refractivity contribution in [2.75, 3.05) is 0 Å². The molecule has 1 heterocycles. The molecule has 1 saturated carbocycles. The first-order chi connectivity index (χ1) is 11.5. The molecule has 0 radical (unpaired) electrons. The minimum Gasteiger partial charge on any atom is -0.458 e. The van der Waals surface area contributed by atoms with E-state index in [1.165, 1.54) is 5.01 Å². The lowest BCUT2D eigenvalue weighted by molar-refractivity contribution is -0.166. The van der Waals surface area contributed by atoms with Crippen LogP contribution in [-0.4, -0.2) is 39.4 Å². The summed E-state index contributed by atoms with van der Waals surface area (Å²) in [5.74, 6) is -0.794. The van der Waals surface area contributed by atoms with E-state index in [1.807, 2.05) is 41.5 Å². The molecule has 138 valence electrons. The molecule has 2 aliphatic rings. The van der Waals surface area contributed by atoms with E-state index in [0.717, 1.165) is 6.42 Å². The van der Waals surface area contributed by atoms with Gasteiger partial charge in [-0.2, -0.15) is 5.10 Å². The fraction of sp³-hybridized carbons (Fsp3) is 0.684. The number of hydrazone groups is 1. The molecular formula is C19H29N3O3. The monoisotopic (exact) mass is 347 g/mol. The lowest BCUT2D eigenvalue weighted by Gasteiger charge is -2.34. The number of esters is 1. The quantitative estimate of drug-likeness (QED) is 0.610. The first-order valence-corrected chi connectivity index (χ1v) is 8.99. The van der Waals surface area contributed by atoms with Crippen molar-refractivity contribution in [1.82, 2.24) is 5.01 Å². The second kappa shape index (κ2) is 6.73. The Morgan fingerprint density at radius 3 is 2.44 bits per heavy atom. The molecule has 1 aliphatic heterocycles. The molecule has 0 bridgehead atoms. The zero-order valence-corrected chi connectivity index (χ0v) is 16.1. The highest BCUT2D eigenvalue weighted by atomic mass is 16.6. The molecule has 6 heteroatoms. The molecule has 1 amide bonds. The van der Waals surface area contributed by atoms with Gasteiger partial charge >= 0.3 is 5.97 Å². The minimum absolute atomic E-state index is 0.0115. The molecule has 25 heavy (non-hydrogen) atoms. The van der Waals surface area contributed by atoms with Gasteiger partial charge in [-0.05, 0) is 46.0 Å². The van der Waals surface area contributed by atoms with Crippen LogP contribution in [0, 0.1) is 11.3 Å². The molecule has 0 saturated heterocycles. The van der Waals surface area contributed by atoms with Crippen LogP contribution in [0.15, 0.2) is 16.8 Å². The van der Waals surface area contributed by atoms with E-state index in [2.05, 4.69) is 5.10 Å². The number of nitrogens with one attached hydrogen (secondary N) is 1. The molecule has 0 unspecified atom stereocenters. The van der Waals surface area contributed by atoms with Gasteiger partial charge in [0.05, 0.1) is 17.0 Å². The predicted octanol–water partition coefficient (Wildman–Crippen LogP) is 3.46. The number of hydrogen-bond donors (Lipinski definition) is 1. The third-order valence-electron chi connectivity index (χ3n) is 4.25. The van der Waals surface area contributed by atoms with E-state index in [9.17, 15) is 9.59 Å². The standard InChI is InChI=1S/C19H29N3O3/c1-7-8-9-13-14(20)15(12(2)3)21-22(16(13)23)19(10-11-19)17(24)25-18(4,5)6/h9,12,20H,7-8,10-11H2,1-6H3/b13-9+,20-14?. The zero-order chi connectivity index (χ0) is 19.0. The van der Waals surface area contributed by atoms with Gasteiger partial charge in [-0.3, -0.25) is 10.2 Å². The molecule has 2 rings (SSSR count). The molecule has 0 aromatic rings. The first kappa shape index (κ1) is 19.3. The van der Waals surface area contributed by atoms with Crippen LogP contribution in [0.5, 0.6) is 0 Å². The Morgan fingerprint density at radius 1 is 1.40 bits per heavy atom. The summed E-state index contributed by atoms with van der Waals surface area (Å²) in [5, 5.41) is 14.1. The normalized spacial score (nSPS) is 21.6. The zero-order valence-electron chi connectivity index (χ0n) is 16.1. The number of amides is 1. The van der Waals surface area contributed by atoms with E-state index < -0.39 is 17.1 Å². The van der Waals surface area contributed by atoms with Crippen molar-refractivity contribution >= 4 is 23.3 Å². The van der Waals surface area contributed by atoms with Gasteiger partial charge in [0.1, 0.15) is 5.60 Å². The first-order valence-electron chi connectivity index (χ1n) is 8.99. The minimum atomic E-state index is -1.02. The van der Waals surface area contributed by atoms with Crippen LogP contribution >= 0.6 is 0 Å². The SMILES string of the molecule is CCC/C=C1\C(=N)C(C(C)C)=NN(C2(C(=O)OC(C)(C)C)CC2)C1=O. The Hall–Kier alpha value is -1.98. The van der Waals surface area contributed by atoms with E-state index >= 15 is 0 Å². The van der Waals surface area contributed by atoms with Gasteiger partial charge in [0.2, 0.25) is 0 Å². The molecule has 1 N–H and O–H groups in total. The summed E-state index contributed by atoms with van der Waals surface area (Å²) in [7, 11) is 0. The van der Waals surface area contributed by atoms with E-state index in [1.54, 1.807) is 6.08 Å². The number of ether oxygens (including phenoxy) is 1. The number of unbranched alkanes of at least 4 members (excludes halogenated alkanes) is 1. The van der Waals surface area contributed by atoms with Crippen LogP contribution in [0.1, 0.15) is 67.2 Å². The number of rotatable bonds is 5. The number of carbonyl (C=O) groups excluding carboxylic acids is 2. The lowest BCUT2D eigenvalue weighted by atomic mass is 9.94. The average Bonchev–Trinajstić information content (AvgIpc) is 3.26. The van der Waals surface area contributed by atoms with Crippen molar-refractivity contribution in [3.8, 4) is 0 Å². The summed E-state index contributed by atoms with van der Waals surface area (Å²) in [6, 6.07) is 0. The molecular weight excluding hydrogens is 318 g/mol. The predicted molar refractivity (Wildman–Crippen MR) is 97.6 cm³/mol. The molecule has 6 nitrogen and oxygen atoms in total. The molecule has 1 aliphatic carbocycles. The highest BCUT2D eigenvalue weighted by Crippen LogP contribution is 2.45. The summed E-state index contributed by atoms with van der Waals surface area (Å²) < 4.78 is 5.53. The average molecular weight is 347 g/mol. The summed E-state index contributed by atoms with van der Waals surface area (Å²) in [4.78, 5) is 25.7. The van der Waals surface area contributed by atoms with Gasteiger partial charge in [0.25, 0.3) is 5.91 Å². The topological polar surface area (TPSA) is 82.8 Å². The molecule has 1 fully saturated rings. The largest absolute Gasteiger partial charge is 0.458 e. The Kier molecular flexibility index (Phi) is 5.21. The Labute approximate surface area is 149 Å². The van der Waals surface area contributed by atoms with Gasteiger partial charge < -0.3 is 4.74 Å². The van der Waals surface area contributed by atoms with Gasteiger partial charge in [0, 0.05) is 0 Å². The fourth-order valence-corrected chi connectivity index (χ4v) is 2.73. The summed E-state index contributed by atoms with van der Waals surface area (Å²) in [6.45, 7) is 11.3. The lowest BCUT2D eigenvalue weighted by Crippen LogP contribution is -2.52. The third-order valence-corrected chi connectivity index (χ3v) is 4.25. The Bertz CT molecular complexity index is 649. The maximum Gasteiger partial charge on any atom is 0.334 e. The molecule has 0 atom stereocenters. The summed E-state index contributed by atoms with van der Waals surface area (Å²) in [6.07, 6.45) is 4.46. The van der Waals surface area contributed by atoms with Crippen LogP contribution in [0.2, 0.25) is 0 Å². The van der Waals surface area contributed by atoms with E-state index in [0.29, 0.717) is 30.5 Å². The van der Waals surface area contributed by atoms with Crippen molar-refractivity contribution in [3.63, 3.8) is 0 Å². The number of allylic oxidation sites excluding steroid dienone is 1. The van der Waals surface area contributed by atoms with Crippen LogP contribution < -0.4 is 0 Å². The number of hydrogen-bond acceptors (Lipinski definition) is 5. The van der Waals surface area contributed by atoms with Crippen LogP contribution in [0.4, 0.5) is 0 Å². The highest BCUT2D eigenvalue weighted by Gasteiger charge is 2.61. The van der Waals surface area contributed by atoms with Gasteiger partial charge in [-0.15, -0.1) is 0 Å². The maximum absolute atomic E-state index is 13.0. The molecule has 0 aromatic carbocycles. The van der Waals surface area contributed by atoms with Crippen LogP contribution in [0.25, 0.3) is 0 Å². The smallest absolute Gasteiger partial charge is 0.334 e. The van der Waals surface area contributed by atoms with Crippen molar-refractivity contribution in [2.45, 2.75) is 78.4 Å². The maximum atomic E-state index is 13.0. The Balaban J connectivity index is 2.43. The van der Waals surface area contributed by atoms with Crippen LogP contribution in [-0.2, 0) is 14.3 Å². The number of nitrogens with zero attached hydrogens (tertiary/aromatic N) is 2.